The van der Waals surface area contributed by atoms with E-state index in [1.54, 1.807) is 12.5 Å². The molecule has 1 aromatic rings. The molecule has 1 rings (SSSR count). The molecule has 68 valence electrons. The number of furan rings is 1. The number of hydrogen-bond donors (Lipinski definition) is 0. The van der Waals surface area contributed by atoms with Gasteiger partial charge in [0.1, 0.15) is 0 Å². The van der Waals surface area contributed by atoms with Crippen molar-refractivity contribution in [3.05, 3.63) is 24.2 Å². The fourth-order valence-corrected chi connectivity index (χ4v) is 1.38. The van der Waals surface area contributed by atoms with E-state index in [4.69, 9.17) is 4.42 Å². The smallest absolute Gasteiger partial charge is 0.0947 e. The third-order valence-electron chi connectivity index (χ3n) is 1.71. The van der Waals surface area contributed by atoms with Crippen LogP contribution in [0.3, 0.4) is 0 Å². The lowest BCUT2D eigenvalue weighted by Gasteiger charge is -2.17. The molecule has 0 aliphatic rings. The SMILES string of the molecule is CC(C)CN(C)Cc1ccoc1. The molecule has 0 fully saturated rings. The van der Waals surface area contributed by atoms with Crippen molar-refractivity contribution in [1.82, 2.24) is 4.90 Å². The molecule has 0 spiro atoms. The zero-order valence-corrected chi connectivity index (χ0v) is 8.08. The first kappa shape index (κ1) is 9.33. The average molecular weight is 167 g/mol. The standard InChI is InChI=1S/C10H17NO/c1-9(2)6-11(3)7-10-4-5-12-8-10/h4-5,8-9H,6-7H2,1-3H3. The number of rotatable bonds is 4. The highest BCUT2D eigenvalue weighted by molar-refractivity contribution is 5.04. The van der Waals surface area contributed by atoms with Crippen LogP contribution < -0.4 is 0 Å². The van der Waals surface area contributed by atoms with Crippen molar-refractivity contribution < 1.29 is 4.42 Å². The summed E-state index contributed by atoms with van der Waals surface area (Å²) >= 11 is 0. The van der Waals surface area contributed by atoms with Gasteiger partial charge in [-0.15, -0.1) is 0 Å². The van der Waals surface area contributed by atoms with Gasteiger partial charge in [0.15, 0.2) is 0 Å². The molecule has 0 aromatic carbocycles. The Morgan fingerprint density at radius 2 is 2.25 bits per heavy atom. The van der Waals surface area contributed by atoms with E-state index in [9.17, 15) is 0 Å². The molecule has 2 heteroatoms. The zero-order chi connectivity index (χ0) is 8.97. The average Bonchev–Trinajstić information content (AvgIpc) is 2.37. The summed E-state index contributed by atoms with van der Waals surface area (Å²) in [4.78, 5) is 2.30. The van der Waals surface area contributed by atoms with Crippen LogP contribution in [0.1, 0.15) is 19.4 Å². The van der Waals surface area contributed by atoms with E-state index in [1.807, 2.05) is 6.07 Å². The van der Waals surface area contributed by atoms with Crippen LogP contribution in [0.25, 0.3) is 0 Å². The van der Waals surface area contributed by atoms with Gasteiger partial charge in [-0.05, 0) is 19.0 Å². The molecular weight excluding hydrogens is 150 g/mol. The first-order valence-electron chi connectivity index (χ1n) is 4.38. The molecule has 1 heterocycles. The minimum Gasteiger partial charge on any atom is -0.472 e. The molecule has 0 radical (unpaired) electrons. The molecule has 0 aliphatic carbocycles. The van der Waals surface area contributed by atoms with E-state index >= 15 is 0 Å². The Morgan fingerprint density at radius 1 is 1.50 bits per heavy atom. The maximum absolute atomic E-state index is 4.99. The van der Waals surface area contributed by atoms with Gasteiger partial charge in [-0.25, -0.2) is 0 Å². The van der Waals surface area contributed by atoms with E-state index in [2.05, 4.69) is 25.8 Å². The van der Waals surface area contributed by atoms with Crippen molar-refractivity contribution in [1.29, 1.82) is 0 Å². The summed E-state index contributed by atoms with van der Waals surface area (Å²) in [6.07, 6.45) is 3.52. The van der Waals surface area contributed by atoms with Crippen LogP contribution in [0.5, 0.6) is 0 Å². The predicted molar refractivity (Wildman–Crippen MR) is 49.9 cm³/mol. The molecule has 2 nitrogen and oxygen atoms in total. The Hall–Kier alpha value is -0.760. The molecular formula is C10H17NO. The van der Waals surface area contributed by atoms with Crippen molar-refractivity contribution in [3.63, 3.8) is 0 Å². The largest absolute Gasteiger partial charge is 0.472 e. The molecule has 0 unspecified atom stereocenters. The van der Waals surface area contributed by atoms with Crippen molar-refractivity contribution in [3.8, 4) is 0 Å². The van der Waals surface area contributed by atoms with Crippen molar-refractivity contribution in [2.24, 2.45) is 5.92 Å². The topological polar surface area (TPSA) is 16.4 Å². The second-order valence-electron chi connectivity index (χ2n) is 3.72. The third-order valence-corrected chi connectivity index (χ3v) is 1.71. The van der Waals surface area contributed by atoms with Crippen LogP contribution >= 0.6 is 0 Å². The van der Waals surface area contributed by atoms with Crippen LogP contribution in [0, 0.1) is 5.92 Å². The van der Waals surface area contributed by atoms with Gasteiger partial charge in [0, 0.05) is 18.7 Å². The predicted octanol–water partition coefficient (Wildman–Crippen LogP) is 2.37. The molecule has 0 saturated carbocycles. The first-order valence-corrected chi connectivity index (χ1v) is 4.38. The first-order chi connectivity index (χ1) is 5.68. The monoisotopic (exact) mass is 167 g/mol. The van der Waals surface area contributed by atoms with Gasteiger partial charge in [0.25, 0.3) is 0 Å². The van der Waals surface area contributed by atoms with Crippen LogP contribution in [0.15, 0.2) is 23.0 Å². The van der Waals surface area contributed by atoms with Crippen molar-refractivity contribution in [2.45, 2.75) is 20.4 Å². The Morgan fingerprint density at radius 3 is 2.75 bits per heavy atom. The third kappa shape index (κ3) is 3.09. The Balaban J connectivity index is 2.32. The summed E-state index contributed by atoms with van der Waals surface area (Å²) in [6.45, 7) is 6.57. The molecule has 0 saturated heterocycles. The Kier molecular flexibility index (Phi) is 3.35. The highest BCUT2D eigenvalue weighted by atomic mass is 16.3. The van der Waals surface area contributed by atoms with Gasteiger partial charge in [0.2, 0.25) is 0 Å². The zero-order valence-electron chi connectivity index (χ0n) is 8.08. The summed E-state index contributed by atoms with van der Waals surface area (Å²) in [6, 6.07) is 2.01. The minimum absolute atomic E-state index is 0.724. The highest BCUT2D eigenvalue weighted by Gasteiger charge is 2.02. The summed E-state index contributed by atoms with van der Waals surface area (Å²) in [7, 11) is 2.13. The lowest BCUT2D eigenvalue weighted by molar-refractivity contribution is 0.287. The van der Waals surface area contributed by atoms with E-state index < -0.39 is 0 Å². The van der Waals surface area contributed by atoms with Gasteiger partial charge in [-0.1, -0.05) is 13.8 Å². The van der Waals surface area contributed by atoms with Crippen molar-refractivity contribution >= 4 is 0 Å². The Bertz CT molecular complexity index is 204. The van der Waals surface area contributed by atoms with E-state index in [1.165, 1.54) is 5.56 Å². The highest BCUT2D eigenvalue weighted by Crippen LogP contribution is 2.05. The van der Waals surface area contributed by atoms with E-state index in [0.717, 1.165) is 19.0 Å². The molecule has 0 N–H and O–H groups in total. The normalized spacial score (nSPS) is 11.4. The lowest BCUT2D eigenvalue weighted by Crippen LogP contribution is -2.22. The van der Waals surface area contributed by atoms with Gasteiger partial charge >= 0.3 is 0 Å². The van der Waals surface area contributed by atoms with Gasteiger partial charge in [-0.2, -0.15) is 0 Å². The van der Waals surface area contributed by atoms with Gasteiger partial charge in [-0.3, -0.25) is 0 Å². The van der Waals surface area contributed by atoms with Gasteiger partial charge < -0.3 is 9.32 Å². The van der Waals surface area contributed by atoms with Crippen LogP contribution in [0.4, 0.5) is 0 Å². The summed E-state index contributed by atoms with van der Waals surface area (Å²) < 4.78 is 4.99. The number of nitrogens with zero attached hydrogens (tertiary/aromatic N) is 1. The molecule has 12 heavy (non-hydrogen) atoms. The molecule has 0 amide bonds. The molecule has 0 bridgehead atoms. The van der Waals surface area contributed by atoms with Crippen molar-refractivity contribution in [2.75, 3.05) is 13.6 Å². The second-order valence-corrected chi connectivity index (χ2v) is 3.72. The lowest BCUT2D eigenvalue weighted by atomic mass is 10.2. The number of hydrogen-bond acceptors (Lipinski definition) is 2. The summed E-state index contributed by atoms with van der Waals surface area (Å²) in [5.41, 5.74) is 1.25. The molecule has 1 aromatic heterocycles. The van der Waals surface area contributed by atoms with Crippen LogP contribution in [0.2, 0.25) is 0 Å². The van der Waals surface area contributed by atoms with Crippen LogP contribution in [-0.2, 0) is 6.54 Å². The fraction of sp³-hybridized carbons (Fsp3) is 0.600. The second kappa shape index (κ2) is 4.31. The van der Waals surface area contributed by atoms with Crippen LogP contribution in [-0.4, -0.2) is 18.5 Å². The quantitative estimate of drug-likeness (QED) is 0.684. The van der Waals surface area contributed by atoms with Gasteiger partial charge in [0.05, 0.1) is 12.5 Å². The molecule has 0 aliphatic heterocycles. The van der Waals surface area contributed by atoms with E-state index in [-0.39, 0.29) is 0 Å². The summed E-state index contributed by atoms with van der Waals surface area (Å²) in [5, 5.41) is 0. The summed E-state index contributed by atoms with van der Waals surface area (Å²) in [5.74, 6) is 0.724. The van der Waals surface area contributed by atoms with E-state index in [0.29, 0.717) is 0 Å². The Labute approximate surface area is 74.2 Å². The maximum Gasteiger partial charge on any atom is 0.0947 e. The maximum atomic E-state index is 4.99. The fourth-order valence-electron chi connectivity index (χ4n) is 1.38. The molecule has 0 atom stereocenters. The minimum atomic E-state index is 0.724.